The lowest BCUT2D eigenvalue weighted by Crippen LogP contribution is -2.31. The molecule has 1 aliphatic heterocycles. The minimum absolute atomic E-state index is 0.190. The molecule has 0 bridgehead atoms. The average Bonchev–Trinajstić information content (AvgIpc) is 2.18. The van der Waals surface area contributed by atoms with E-state index in [2.05, 4.69) is 11.0 Å². The Balaban J connectivity index is 2.39. The quantitative estimate of drug-likeness (QED) is 0.673. The van der Waals surface area contributed by atoms with Crippen molar-refractivity contribution in [1.29, 1.82) is 1.43 Å². The summed E-state index contributed by atoms with van der Waals surface area (Å²) >= 11 is 0. The van der Waals surface area contributed by atoms with Gasteiger partial charge >= 0.3 is 0 Å². The van der Waals surface area contributed by atoms with Gasteiger partial charge < -0.3 is 5.11 Å². The number of benzene rings is 1. The summed E-state index contributed by atoms with van der Waals surface area (Å²) in [6.07, 6.45) is 0.858. The molecule has 2 rings (SSSR count). The lowest BCUT2D eigenvalue weighted by Gasteiger charge is -2.30. The average molecular weight is 164 g/mol. The summed E-state index contributed by atoms with van der Waals surface area (Å²) in [6, 6.07) is 8.16. The highest BCUT2D eigenvalue weighted by Crippen LogP contribution is 2.25. The molecule has 0 aliphatic carbocycles. The van der Waals surface area contributed by atoms with Gasteiger partial charge in [-0.3, -0.25) is 4.90 Å². The summed E-state index contributed by atoms with van der Waals surface area (Å²) in [7, 11) is 1.98. The number of aliphatic hydroxyl groups is 1. The third-order valence-electron chi connectivity index (χ3n) is 2.46. The van der Waals surface area contributed by atoms with E-state index in [0.29, 0.717) is 0 Å². The lowest BCUT2D eigenvalue weighted by molar-refractivity contribution is 0.0128. The van der Waals surface area contributed by atoms with E-state index in [4.69, 9.17) is 6.54 Å². The molecule has 1 aromatic rings. The zero-order valence-corrected chi connectivity index (χ0v) is 7.16. The fourth-order valence-electron chi connectivity index (χ4n) is 1.65. The molecule has 64 valence electrons. The van der Waals surface area contributed by atoms with E-state index in [1.165, 1.54) is 5.56 Å². The first-order chi connectivity index (χ1) is 6.33. The Bertz CT molecular complexity index is 303. The Morgan fingerprint density at radius 3 is 3.25 bits per heavy atom. The lowest BCUT2D eigenvalue weighted by atomic mass is 9.99. The third kappa shape index (κ3) is 1.13. The summed E-state index contributed by atoms with van der Waals surface area (Å²) in [5, 5.41) is 4.71. The molecule has 12 heavy (non-hydrogen) atoms. The molecule has 1 unspecified atom stereocenters. The second-order valence-corrected chi connectivity index (χ2v) is 3.28. The van der Waals surface area contributed by atoms with Crippen LogP contribution in [0.25, 0.3) is 0 Å². The standard InChI is InChI=1S/C10H13NO/c1-11-7-6-8-4-2-3-5-9(8)10(11)12/h2-5,10,12H,6-7H2,1H3/i12D. The van der Waals surface area contributed by atoms with E-state index in [0.717, 1.165) is 18.5 Å². The van der Waals surface area contributed by atoms with Crippen LogP contribution in [0.5, 0.6) is 0 Å². The highest BCUT2D eigenvalue weighted by molar-refractivity contribution is 5.30. The highest BCUT2D eigenvalue weighted by Gasteiger charge is 2.21. The number of aliphatic hydroxyl groups excluding tert-OH is 1. The monoisotopic (exact) mass is 164 g/mol. The predicted molar refractivity (Wildman–Crippen MR) is 47.7 cm³/mol. The van der Waals surface area contributed by atoms with Gasteiger partial charge in [0.2, 0.25) is 1.43 Å². The van der Waals surface area contributed by atoms with Gasteiger partial charge in [0.1, 0.15) is 6.23 Å². The molecule has 0 saturated heterocycles. The second kappa shape index (κ2) is 2.88. The molecule has 1 aliphatic rings. The van der Waals surface area contributed by atoms with Gasteiger partial charge in [0.25, 0.3) is 0 Å². The molecule has 1 aromatic carbocycles. The molecule has 0 radical (unpaired) electrons. The summed E-state index contributed by atoms with van der Waals surface area (Å²) in [4.78, 5) is 2.05. The summed E-state index contributed by atoms with van der Waals surface area (Å²) in [5.41, 5.74) is 2.43. The van der Waals surface area contributed by atoms with Gasteiger partial charge in [-0.15, -0.1) is 0 Å². The van der Waals surface area contributed by atoms with Crippen molar-refractivity contribution in [2.75, 3.05) is 13.6 Å². The molecule has 0 aromatic heterocycles. The van der Waals surface area contributed by atoms with Gasteiger partial charge in [0.05, 0.1) is 0 Å². The van der Waals surface area contributed by atoms with E-state index in [1.54, 1.807) is 0 Å². The maximum Gasteiger partial charge on any atom is 0.213 e. The molecular formula is C10H13NO. The first kappa shape index (κ1) is 6.63. The molecule has 2 heteroatoms. The van der Waals surface area contributed by atoms with Crippen molar-refractivity contribution in [2.24, 2.45) is 0 Å². The Kier molecular flexibility index (Phi) is 1.59. The molecule has 0 spiro atoms. The first-order valence-corrected chi connectivity index (χ1v) is 4.23. The van der Waals surface area contributed by atoms with E-state index in [-0.39, 0.29) is 6.23 Å². The Morgan fingerprint density at radius 1 is 1.58 bits per heavy atom. The van der Waals surface area contributed by atoms with Crippen LogP contribution in [-0.2, 0) is 6.42 Å². The summed E-state index contributed by atoms with van der Waals surface area (Å²) in [5.74, 6) is 0. The Labute approximate surface area is 73.9 Å². The number of nitrogens with zero attached hydrogens (tertiary/aromatic N) is 1. The van der Waals surface area contributed by atoms with Crippen LogP contribution < -0.4 is 0 Å². The topological polar surface area (TPSA) is 23.5 Å². The molecule has 1 atom stereocenters. The van der Waals surface area contributed by atoms with Crippen LogP contribution in [0.3, 0.4) is 0 Å². The summed E-state index contributed by atoms with van der Waals surface area (Å²) in [6.45, 7) is 0.959. The van der Waals surface area contributed by atoms with Crippen LogP contribution in [0.1, 0.15) is 17.4 Å². The van der Waals surface area contributed by atoms with Crippen molar-refractivity contribution in [3.8, 4) is 0 Å². The normalized spacial score (nSPS) is 24.8. The zero-order chi connectivity index (χ0) is 9.26. The van der Waals surface area contributed by atoms with Gasteiger partial charge in [-0.05, 0) is 24.6 Å². The van der Waals surface area contributed by atoms with Gasteiger partial charge in [-0.2, -0.15) is 0 Å². The van der Waals surface area contributed by atoms with Crippen molar-refractivity contribution in [2.45, 2.75) is 12.6 Å². The Hall–Kier alpha value is -0.860. The minimum atomic E-state index is -0.190. The van der Waals surface area contributed by atoms with Gasteiger partial charge in [0.15, 0.2) is 0 Å². The number of rotatable bonds is 1. The van der Waals surface area contributed by atoms with Crippen LogP contribution in [-0.4, -0.2) is 25.0 Å². The van der Waals surface area contributed by atoms with E-state index in [9.17, 15) is 0 Å². The highest BCUT2D eigenvalue weighted by atomic mass is 16.3. The van der Waals surface area contributed by atoms with Crippen LogP contribution in [0.15, 0.2) is 24.3 Å². The predicted octanol–water partition coefficient (Wildman–Crippen LogP) is 1.17. The molecule has 0 amide bonds. The molecule has 1 N–H and O–H groups in total. The first-order valence-electron chi connectivity index (χ1n) is 4.64. The van der Waals surface area contributed by atoms with Crippen molar-refractivity contribution in [3.63, 3.8) is 0 Å². The number of hydrogen-bond donors (Lipinski definition) is 1. The number of fused-ring (bicyclic) bond motifs is 1. The second-order valence-electron chi connectivity index (χ2n) is 3.28. The van der Waals surface area contributed by atoms with Gasteiger partial charge in [0, 0.05) is 6.54 Å². The van der Waals surface area contributed by atoms with E-state index < -0.39 is 0 Å². The van der Waals surface area contributed by atoms with E-state index in [1.807, 2.05) is 25.2 Å². The molecule has 0 saturated carbocycles. The number of hydrogen-bond acceptors (Lipinski definition) is 2. The van der Waals surface area contributed by atoms with Crippen molar-refractivity contribution >= 4 is 0 Å². The van der Waals surface area contributed by atoms with Crippen LogP contribution >= 0.6 is 0 Å². The summed E-state index contributed by atoms with van der Waals surface area (Å²) < 4.78 is 7.02. The molecular weight excluding hydrogens is 150 g/mol. The number of likely N-dealkylation sites (N-methyl/N-ethyl adjacent to an activating group) is 1. The molecule has 1 heterocycles. The SMILES string of the molecule is [2H]OC1c2ccccc2CCN1C. The smallest absolute Gasteiger partial charge is 0.213 e. The van der Waals surface area contributed by atoms with Crippen LogP contribution in [0.2, 0.25) is 0 Å². The van der Waals surface area contributed by atoms with Crippen molar-refractivity contribution in [1.82, 2.24) is 4.90 Å². The largest absolute Gasteiger partial charge is 0.374 e. The third-order valence-corrected chi connectivity index (χ3v) is 2.46. The van der Waals surface area contributed by atoms with Gasteiger partial charge in [-0.25, -0.2) is 0 Å². The fourth-order valence-corrected chi connectivity index (χ4v) is 1.65. The van der Waals surface area contributed by atoms with Crippen LogP contribution in [0, 0.1) is 0 Å². The maximum absolute atomic E-state index is 7.02. The van der Waals surface area contributed by atoms with Crippen LogP contribution in [0.4, 0.5) is 0 Å². The minimum Gasteiger partial charge on any atom is -0.374 e. The molecule has 2 nitrogen and oxygen atoms in total. The van der Waals surface area contributed by atoms with Crippen molar-refractivity contribution < 1.29 is 5.11 Å². The fraction of sp³-hybridized carbons (Fsp3) is 0.400. The van der Waals surface area contributed by atoms with Gasteiger partial charge in [-0.1, -0.05) is 24.3 Å². The molecule has 0 fully saturated rings. The zero-order valence-electron chi connectivity index (χ0n) is 8.16. The van der Waals surface area contributed by atoms with Crippen molar-refractivity contribution in [3.05, 3.63) is 35.4 Å². The maximum atomic E-state index is 7.02. The van der Waals surface area contributed by atoms with E-state index >= 15 is 0 Å². The Morgan fingerprint density at radius 2 is 2.42 bits per heavy atom.